The normalized spacial score (nSPS) is 36.7. The van der Waals surface area contributed by atoms with Gasteiger partial charge in [-0.15, -0.1) is 11.3 Å². The van der Waals surface area contributed by atoms with Crippen molar-refractivity contribution in [2.75, 3.05) is 26.4 Å². The van der Waals surface area contributed by atoms with Gasteiger partial charge in [0.15, 0.2) is 18.7 Å². The lowest BCUT2D eigenvalue weighted by Gasteiger charge is -2.47. The van der Waals surface area contributed by atoms with Crippen molar-refractivity contribution in [3.8, 4) is 10.6 Å². The van der Waals surface area contributed by atoms with E-state index in [-0.39, 0.29) is 50.9 Å². The van der Waals surface area contributed by atoms with Crippen LogP contribution < -0.4 is 11.1 Å². The number of cyclic esters (lactones) is 1. The number of carbonyl (C=O) groups excluding carboxylic acids is 3. The number of fused-ring (bicyclic) bond motifs is 4. The van der Waals surface area contributed by atoms with Gasteiger partial charge in [0.1, 0.15) is 23.0 Å². The summed E-state index contributed by atoms with van der Waals surface area (Å²) in [4.78, 5) is 58.4. The summed E-state index contributed by atoms with van der Waals surface area (Å²) in [5, 5.41) is 34.1. The van der Waals surface area contributed by atoms with Crippen LogP contribution in [0.1, 0.15) is 113 Å². The highest BCUT2D eigenvalue weighted by atomic mass is 32.1. The Hall–Kier alpha value is -3.91. The Bertz CT molecular complexity index is 2010. The van der Waals surface area contributed by atoms with Gasteiger partial charge in [-0.1, -0.05) is 38.4 Å². The molecule has 5 N–H and O–H groups in total. The molecule has 3 aliphatic heterocycles. The van der Waals surface area contributed by atoms with E-state index in [0.717, 1.165) is 23.1 Å². The van der Waals surface area contributed by atoms with E-state index >= 15 is 4.39 Å². The van der Waals surface area contributed by atoms with Gasteiger partial charge in [-0.25, -0.2) is 14.2 Å². The van der Waals surface area contributed by atoms with Gasteiger partial charge in [0.25, 0.3) is 5.67 Å². The van der Waals surface area contributed by atoms with Crippen LogP contribution >= 0.6 is 11.3 Å². The van der Waals surface area contributed by atoms with E-state index in [1.165, 1.54) is 25.2 Å². The highest BCUT2D eigenvalue weighted by Crippen LogP contribution is 2.42. The summed E-state index contributed by atoms with van der Waals surface area (Å²) in [6, 6.07) is 3.28. The molecular formula is C46H69FN6O10S. The number of nitrogens with zero attached hydrogens (tertiary/aromatic N) is 4. The summed E-state index contributed by atoms with van der Waals surface area (Å²) < 4.78 is 42.6. The minimum atomic E-state index is -3.19. The van der Waals surface area contributed by atoms with Crippen LogP contribution in [0.15, 0.2) is 40.1 Å². The number of oxime groups is 1. The Balaban J connectivity index is 1.66. The number of Topliss-reactive ketones (excluding diaryl/α,β-unsaturated/α-hetero) is 1. The number of hydrogen-bond acceptors (Lipinski definition) is 16. The van der Waals surface area contributed by atoms with Gasteiger partial charge in [-0.3, -0.25) is 14.6 Å². The SMILES string of the molecule is CCC(=O)N/C1=C(\C)C2CCC(=NOCc3ccc(-c4nc(N)cs4)cn3)COC(C)(CC1C)C(OC1OC(C)CC(N(C)C)C1O)C(C)C(=O)C(C)(F)C(=O)OC(CC)C(C)(O)C2. The Kier molecular flexibility index (Phi) is 16.9. The molecule has 3 aliphatic rings. The van der Waals surface area contributed by atoms with Crippen LogP contribution in [0.3, 0.4) is 0 Å². The third kappa shape index (κ3) is 11.9. The molecule has 2 bridgehead atoms. The maximum atomic E-state index is 17.0. The first-order valence-electron chi connectivity index (χ1n) is 22.3. The predicted octanol–water partition coefficient (Wildman–Crippen LogP) is 5.89. The largest absolute Gasteiger partial charge is 0.457 e. The van der Waals surface area contributed by atoms with Gasteiger partial charge in [0.2, 0.25) is 5.91 Å². The summed E-state index contributed by atoms with van der Waals surface area (Å²) in [6.07, 6.45) is -2.18. The average molecular weight is 917 g/mol. The van der Waals surface area contributed by atoms with Gasteiger partial charge in [-0.05, 0) is 111 Å². The number of likely N-dealkylation sites (N-methyl/N-ethyl adjacent to an activating group) is 1. The molecule has 18 heteroatoms. The number of aliphatic hydroxyl groups excluding tert-OH is 1. The first kappa shape index (κ1) is 51.1. The smallest absolute Gasteiger partial charge is 0.351 e. The van der Waals surface area contributed by atoms with Crippen LogP contribution in [-0.2, 0) is 44.8 Å². The molecule has 12 atom stereocenters. The Labute approximate surface area is 380 Å². The Morgan fingerprint density at radius 1 is 1.16 bits per heavy atom. The zero-order valence-electron chi connectivity index (χ0n) is 39.2. The van der Waals surface area contributed by atoms with E-state index in [1.807, 2.05) is 45.8 Å². The average Bonchev–Trinajstić information content (AvgIpc) is 3.68. The van der Waals surface area contributed by atoms with E-state index in [0.29, 0.717) is 42.2 Å². The third-order valence-electron chi connectivity index (χ3n) is 13.0. The quantitative estimate of drug-likeness (QED) is 0.124. The topological polar surface area (TPSA) is 217 Å². The number of aliphatic hydroxyl groups is 2. The number of ether oxygens (including phenoxy) is 4. The monoisotopic (exact) mass is 916 g/mol. The van der Waals surface area contributed by atoms with E-state index in [2.05, 4.69) is 20.4 Å². The first-order chi connectivity index (χ1) is 30.0. The molecule has 0 aliphatic carbocycles. The van der Waals surface area contributed by atoms with Crippen LogP contribution in [0, 0.1) is 17.8 Å². The molecule has 0 spiro atoms. The highest BCUT2D eigenvalue weighted by molar-refractivity contribution is 7.13. The van der Waals surface area contributed by atoms with E-state index in [9.17, 15) is 24.6 Å². The Morgan fingerprint density at radius 2 is 1.88 bits per heavy atom. The first-order valence-corrected chi connectivity index (χ1v) is 23.2. The van der Waals surface area contributed by atoms with Gasteiger partial charge >= 0.3 is 5.97 Å². The number of pyridine rings is 1. The number of amides is 1. The maximum Gasteiger partial charge on any atom is 0.351 e. The van der Waals surface area contributed by atoms with Crippen molar-refractivity contribution in [2.24, 2.45) is 22.9 Å². The zero-order chi connectivity index (χ0) is 47.3. The number of ketones is 1. The van der Waals surface area contributed by atoms with Gasteiger partial charge in [0.05, 0.1) is 41.4 Å². The van der Waals surface area contributed by atoms with E-state index in [4.69, 9.17) is 29.5 Å². The van der Waals surface area contributed by atoms with Gasteiger partial charge < -0.3 is 49.9 Å². The van der Waals surface area contributed by atoms with Crippen molar-refractivity contribution in [1.82, 2.24) is 20.2 Å². The van der Waals surface area contributed by atoms with Crippen molar-refractivity contribution < 1.29 is 52.8 Å². The number of nitrogens with two attached hydrogens (primary N) is 1. The van der Waals surface area contributed by atoms with Crippen molar-refractivity contribution in [2.45, 2.75) is 167 Å². The number of hydrogen-bond donors (Lipinski definition) is 4. The summed E-state index contributed by atoms with van der Waals surface area (Å²) in [5.41, 5.74) is 2.63. The number of halogens is 1. The second-order valence-corrected chi connectivity index (χ2v) is 19.5. The fourth-order valence-electron chi connectivity index (χ4n) is 9.26. The lowest BCUT2D eigenvalue weighted by Crippen LogP contribution is -2.60. The lowest BCUT2D eigenvalue weighted by molar-refractivity contribution is -0.296. The zero-order valence-corrected chi connectivity index (χ0v) is 40.0. The minimum absolute atomic E-state index is 0.0143. The predicted molar refractivity (Wildman–Crippen MR) is 240 cm³/mol. The highest BCUT2D eigenvalue weighted by Gasteiger charge is 2.55. The second kappa shape index (κ2) is 21.2. The number of nitrogen functional groups attached to an aromatic ring is 1. The van der Waals surface area contributed by atoms with Crippen LogP contribution in [0.2, 0.25) is 0 Å². The molecule has 1 fully saturated rings. The number of carbonyl (C=O) groups is 3. The minimum Gasteiger partial charge on any atom is -0.457 e. The fourth-order valence-corrected chi connectivity index (χ4v) is 9.96. The molecule has 2 aromatic rings. The molecule has 1 amide bonds. The van der Waals surface area contributed by atoms with E-state index in [1.54, 1.807) is 38.4 Å². The number of rotatable bonds is 10. The summed E-state index contributed by atoms with van der Waals surface area (Å²) in [5.74, 6) is -4.74. The molecule has 0 radical (unpaired) electrons. The molecule has 5 heterocycles. The fraction of sp³-hybridized carbons (Fsp3) is 0.696. The molecule has 12 unspecified atom stereocenters. The second-order valence-electron chi connectivity index (χ2n) is 18.6. The standard InChI is InChI=1S/C46H69FN6O10S/c1-12-34-44(7,58)20-29-14-17-32(52-60-23-31-16-15-30(21-49-31)41-50-35(48)24-64-41)22-59-45(8,19-25(3)37(27(29)5)51-36(54)13-2)40(28(6)39(56)46(9,47)43(57)62-34)63-42-38(55)33(53(10)11)18-26(4)61-42/h15-16,21,24-26,28-29,33-34,38,40,42,55,58H,12-14,17-20,22-23,48H2,1-11H3,(H,51,54)/b37-27+,52-32?. The maximum absolute atomic E-state index is 17.0. The van der Waals surface area contributed by atoms with Crippen LogP contribution in [0.5, 0.6) is 0 Å². The summed E-state index contributed by atoms with van der Waals surface area (Å²) in [6.45, 7) is 14.6. The molecule has 16 nitrogen and oxygen atoms in total. The van der Waals surface area contributed by atoms with Crippen molar-refractivity contribution in [3.63, 3.8) is 0 Å². The van der Waals surface area contributed by atoms with Crippen molar-refractivity contribution >= 4 is 40.5 Å². The number of anilines is 1. The van der Waals surface area contributed by atoms with Crippen LogP contribution in [-0.4, -0.2) is 123 Å². The van der Waals surface area contributed by atoms with Crippen molar-refractivity contribution in [1.29, 1.82) is 0 Å². The number of esters is 1. The van der Waals surface area contributed by atoms with E-state index < -0.39 is 77.0 Å². The molecule has 356 valence electrons. The number of nitrogens with one attached hydrogen (secondary N) is 1. The number of thiazole rings is 1. The van der Waals surface area contributed by atoms with Crippen molar-refractivity contribution in [3.05, 3.63) is 40.7 Å². The number of allylic oxidation sites excluding steroid dienone is 2. The number of alkyl halides is 1. The third-order valence-corrected chi connectivity index (χ3v) is 13.9. The molecule has 2 aromatic heterocycles. The lowest BCUT2D eigenvalue weighted by atomic mass is 9.76. The number of aromatic nitrogens is 2. The Morgan fingerprint density at radius 3 is 2.48 bits per heavy atom. The van der Waals surface area contributed by atoms with Gasteiger partial charge in [-0.2, -0.15) is 0 Å². The van der Waals surface area contributed by atoms with Crippen LogP contribution in [0.25, 0.3) is 10.6 Å². The molecule has 0 aromatic carbocycles. The summed E-state index contributed by atoms with van der Waals surface area (Å²) >= 11 is 1.41. The molecule has 1 saturated heterocycles. The van der Waals surface area contributed by atoms with Gasteiger partial charge in [0, 0.05) is 41.2 Å². The summed E-state index contributed by atoms with van der Waals surface area (Å²) in [7, 11) is 3.66. The molecule has 0 saturated carbocycles. The van der Waals surface area contributed by atoms with Crippen LogP contribution in [0.4, 0.5) is 10.2 Å². The molecular weight excluding hydrogens is 848 g/mol. The molecule has 5 rings (SSSR count). The molecule has 64 heavy (non-hydrogen) atoms.